The van der Waals surface area contributed by atoms with Crippen LogP contribution in [0.25, 0.3) is 6.08 Å². The minimum Gasteiger partial charge on any atom is -0.308 e. The number of thioether (sulfide) groups is 1. The quantitative estimate of drug-likeness (QED) is 0.286. The van der Waals surface area contributed by atoms with Crippen LogP contribution in [0.3, 0.4) is 0 Å². The number of hydrogen-bond donors (Lipinski definition) is 0. The van der Waals surface area contributed by atoms with E-state index in [1.54, 1.807) is 12.1 Å². The first-order chi connectivity index (χ1) is 17.1. The van der Waals surface area contributed by atoms with Crippen molar-refractivity contribution < 1.29 is 4.79 Å². The van der Waals surface area contributed by atoms with Gasteiger partial charge in [0.05, 0.1) is 6.04 Å². The molecule has 0 bridgehead atoms. The number of anilines is 1. The normalized spacial score (nSPS) is 17.8. The zero-order valence-electron chi connectivity index (χ0n) is 19.1. The summed E-state index contributed by atoms with van der Waals surface area (Å²) in [6.45, 7) is 2.06. The van der Waals surface area contributed by atoms with Crippen molar-refractivity contribution in [1.82, 2.24) is 0 Å². The fourth-order valence-electron chi connectivity index (χ4n) is 4.00. The van der Waals surface area contributed by atoms with Gasteiger partial charge >= 0.3 is 0 Å². The maximum Gasteiger partial charge on any atom is 0.279 e. The van der Waals surface area contributed by atoms with Gasteiger partial charge in [0.15, 0.2) is 5.17 Å². The Bertz CT molecular complexity index is 1380. The van der Waals surface area contributed by atoms with Crippen molar-refractivity contribution in [2.75, 3.05) is 4.90 Å². The molecule has 1 amide bonds. The number of carbonyl (C=O) groups excluding carboxylic acids is 1. The summed E-state index contributed by atoms with van der Waals surface area (Å²) in [7, 11) is 0. The molecule has 1 atom stereocenters. The monoisotopic (exact) mass is 494 g/mol. The Hall–Kier alpha value is -3.60. The number of hydrogen-bond acceptors (Lipinski definition) is 2. The highest BCUT2D eigenvalue weighted by Gasteiger charge is 2.37. The number of aryl methyl sites for hydroxylation is 1. The number of carbonyl (C=O) groups is 1. The number of benzene rings is 4. The topological polar surface area (TPSA) is 32.7 Å². The molecule has 5 heteroatoms. The zero-order valence-corrected chi connectivity index (χ0v) is 20.7. The minimum atomic E-state index is -0.263. The van der Waals surface area contributed by atoms with Gasteiger partial charge in [-0.3, -0.25) is 4.79 Å². The number of aliphatic imine (C=N–C) groups is 1. The van der Waals surface area contributed by atoms with E-state index in [4.69, 9.17) is 11.6 Å². The third-order valence-electron chi connectivity index (χ3n) is 5.77. The largest absolute Gasteiger partial charge is 0.308 e. The first-order valence-corrected chi connectivity index (χ1v) is 12.5. The van der Waals surface area contributed by atoms with E-state index in [9.17, 15) is 4.79 Å². The average Bonchev–Trinajstić information content (AvgIpc) is 3.23. The van der Waals surface area contributed by atoms with Crippen LogP contribution in [0.1, 0.15) is 33.1 Å². The lowest BCUT2D eigenvalue weighted by Gasteiger charge is -2.27. The first-order valence-electron chi connectivity index (χ1n) is 11.3. The second-order valence-electron chi connectivity index (χ2n) is 8.28. The van der Waals surface area contributed by atoms with Crippen molar-refractivity contribution >= 4 is 46.2 Å². The predicted octanol–water partition coefficient (Wildman–Crippen LogP) is 8.18. The molecule has 1 aliphatic rings. The van der Waals surface area contributed by atoms with E-state index in [0.29, 0.717) is 15.8 Å². The minimum absolute atomic E-state index is 0.150. The number of nitrogens with zero attached hydrogens (tertiary/aromatic N) is 2. The molecule has 0 saturated carbocycles. The van der Waals surface area contributed by atoms with Crippen molar-refractivity contribution in [3.05, 3.63) is 141 Å². The van der Waals surface area contributed by atoms with E-state index in [1.165, 1.54) is 17.3 Å². The first kappa shape index (κ1) is 23.2. The van der Waals surface area contributed by atoms with Crippen LogP contribution in [0.4, 0.5) is 5.69 Å². The Labute approximate surface area is 214 Å². The van der Waals surface area contributed by atoms with Crippen LogP contribution < -0.4 is 4.90 Å². The molecule has 1 unspecified atom stereocenters. The molecule has 172 valence electrons. The molecule has 1 aliphatic heterocycles. The molecule has 1 saturated heterocycles. The van der Waals surface area contributed by atoms with Crippen LogP contribution in [0.2, 0.25) is 5.02 Å². The highest BCUT2D eigenvalue weighted by atomic mass is 35.5. The highest BCUT2D eigenvalue weighted by Crippen LogP contribution is 2.48. The second kappa shape index (κ2) is 10.3. The molecule has 4 aromatic rings. The van der Waals surface area contributed by atoms with Gasteiger partial charge in [-0.1, -0.05) is 102 Å². The third kappa shape index (κ3) is 5.24. The molecule has 0 N–H and O–H groups in total. The van der Waals surface area contributed by atoms with Crippen molar-refractivity contribution in [2.24, 2.45) is 4.99 Å². The van der Waals surface area contributed by atoms with Crippen LogP contribution in [-0.2, 0) is 0 Å². The van der Waals surface area contributed by atoms with E-state index in [1.807, 2.05) is 60.7 Å². The summed E-state index contributed by atoms with van der Waals surface area (Å²) in [5, 5.41) is 1.33. The molecule has 4 aromatic carbocycles. The van der Waals surface area contributed by atoms with Crippen LogP contribution in [0, 0.1) is 6.92 Å². The Kier molecular flexibility index (Phi) is 6.84. The molecule has 0 radical (unpaired) electrons. The Morgan fingerprint density at radius 2 is 1.49 bits per heavy atom. The molecular formula is C30H23ClN2OS. The molecule has 1 heterocycles. The number of amides is 1. The van der Waals surface area contributed by atoms with E-state index in [0.717, 1.165) is 21.7 Å². The van der Waals surface area contributed by atoms with Gasteiger partial charge in [-0.05, 0) is 60.5 Å². The summed E-state index contributed by atoms with van der Waals surface area (Å²) in [5.41, 5.74) is 4.87. The lowest BCUT2D eigenvalue weighted by atomic mass is 10.0. The molecular weight excluding hydrogens is 472 g/mol. The van der Waals surface area contributed by atoms with Crippen LogP contribution in [0.5, 0.6) is 0 Å². The number of rotatable bonds is 4. The van der Waals surface area contributed by atoms with Crippen LogP contribution >= 0.6 is 23.4 Å². The number of amidine groups is 1. The van der Waals surface area contributed by atoms with Crippen molar-refractivity contribution in [3.63, 3.8) is 0 Å². The molecule has 0 aromatic heterocycles. The van der Waals surface area contributed by atoms with Gasteiger partial charge in [0.2, 0.25) is 0 Å². The lowest BCUT2D eigenvalue weighted by Crippen LogP contribution is -2.28. The highest BCUT2D eigenvalue weighted by molar-refractivity contribution is 8.18. The van der Waals surface area contributed by atoms with E-state index in [-0.39, 0.29) is 11.9 Å². The maximum atomic E-state index is 13.1. The molecule has 0 aliphatic carbocycles. The fourth-order valence-corrected chi connectivity index (χ4v) is 5.32. The summed E-state index contributed by atoms with van der Waals surface area (Å²) in [5.74, 6) is -0.263. The summed E-state index contributed by atoms with van der Waals surface area (Å²) < 4.78 is 0. The van der Waals surface area contributed by atoms with Crippen molar-refractivity contribution in [3.8, 4) is 0 Å². The Morgan fingerprint density at radius 1 is 0.857 bits per heavy atom. The fraction of sp³-hybridized carbons (Fsp3) is 0.0667. The van der Waals surface area contributed by atoms with Gasteiger partial charge in [-0.15, -0.1) is 0 Å². The molecule has 35 heavy (non-hydrogen) atoms. The van der Waals surface area contributed by atoms with Crippen molar-refractivity contribution in [2.45, 2.75) is 13.0 Å². The lowest BCUT2D eigenvalue weighted by molar-refractivity contribution is 0.100. The molecule has 1 fully saturated rings. The standard InChI is InChI=1S/C30H23ClN2OS/c1-21-12-18-26(19-13-21)33-28(23-14-16-25(31)17-15-23)27(20-22-8-4-2-5-9-22)35-30(33)32-29(34)24-10-6-3-7-11-24/h2-20,28H,1H3/b27-20-,32-30?. The Balaban J connectivity index is 1.67. The summed E-state index contributed by atoms with van der Waals surface area (Å²) in [4.78, 5) is 21.0. The smallest absolute Gasteiger partial charge is 0.279 e. The summed E-state index contributed by atoms with van der Waals surface area (Å²) in [6.07, 6.45) is 2.17. The van der Waals surface area contributed by atoms with Gasteiger partial charge in [0.1, 0.15) is 0 Å². The van der Waals surface area contributed by atoms with Gasteiger partial charge in [-0.25, -0.2) is 0 Å². The molecule has 5 rings (SSSR count). The van der Waals surface area contributed by atoms with Crippen molar-refractivity contribution in [1.29, 1.82) is 0 Å². The van der Waals surface area contributed by atoms with Gasteiger partial charge in [0, 0.05) is 21.2 Å². The second-order valence-corrected chi connectivity index (χ2v) is 9.76. The van der Waals surface area contributed by atoms with Crippen LogP contribution in [0.15, 0.2) is 119 Å². The SMILES string of the molecule is Cc1ccc(N2C(=NC(=O)c3ccccc3)S/C(=C\c3ccccc3)C2c2ccc(Cl)cc2)cc1. The van der Waals surface area contributed by atoms with E-state index in [2.05, 4.69) is 59.3 Å². The predicted molar refractivity (Wildman–Crippen MR) is 148 cm³/mol. The third-order valence-corrected chi connectivity index (χ3v) is 7.07. The Morgan fingerprint density at radius 3 is 2.14 bits per heavy atom. The zero-order chi connectivity index (χ0) is 24.2. The average molecular weight is 495 g/mol. The van der Waals surface area contributed by atoms with E-state index >= 15 is 0 Å². The van der Waals surface area contributed by atoms with Gasteiger partial charge in [0.25, 0.3) is 5.91 Å². The van der Waals surface area contributed by atoms with E-state index < -0.39 is 0 Å². The summed E-state index contributed by atoms with van der Waals surface area (Å²) >= 11 is 7.74. The van der Waals surface area contributed by atoms with Crippen LogP contribution in [-0.4, -0.2) is 11.1 Å². The van der Waals surface area contributed by atoms with Gasteiger partial charge < -0.3 is 4.90 Å². The number of halogens is 1. The summed E-state index contributed by atoms with van der Waals surface area (Å²) in [6, 6.07) is 35.4. The maximum absolute atomic E-state index is 13.1. The van der Waals surface area contributed by atoms with Gasteiger partial charge in [-0.2, -0.15) is 4.99 Å². The molecule has 3 nitrogen and oxygen atoms in total. The molecule has 0 spiro atoms.